The van der Waals surface area contributed by atoms with Crippen molar-refractivity contribution < 1.29 is 9.90 Å². The van der Waals surface area contributed by atoms with Crippen molar-refractivity contribution in [1.29, 1.82) is 0 Å². The van der Waals surface area contributed by atoms with Crippen LogP contribution in [-0.4, -0.2) is 30.2 Å². The highest BCUT2D eigenvalue weighted by atomic mass is 16.4. The summed E-state index contributed by atoms with van der Waals surface area (Å²) in [5.41, 5.74) is 2.34. The van der Waals surface area contributed by atoms with Gasteiger partial charge in [-0.05, 0) is 37.6 Å². The molecule has 86 valence electrons. The number of carboxylic acid groups (broad SMARTS) is 1. The Morgan fingerprint density at radius 3 is 3.00 bits per heavy atom. The second kappa shape index (κ2) is 4.53. The average Bonchev–Trinajstić information content (AvgIpc) is 2.73. The van der Waals surface area contributed by atoms with Gasteiger partial charge in [0.1, 0.15) is 0 Å². The lowest BCUT2D eigenvalue weighted by Gasteiger charge is -2.15. The quantitative estimate of drug-likeness (QED) is 0.722. The summed E-state index contributed by atoms with van der Waals surface area (Å²) < 4.78 is 0. The summed E-state index contributed by atoms with van der Waals surface area (Å²) in [7, 11) is 0. The Morgan fingerprint density at radius 1 is 1.56 bits per heavy atom. The predicted molar refractivity (Wildman–Crippen MR) is 63.0 cm³/mol. The maximum absolute atomic E-state index is 10.9. The predicted octanol–water partition coefficient (Wildman–Crippen LogP) is 1.47. The molecular weight excluding hydrogens is 204 g/mol. The number of aromatic carboxylic acids is 1. The molecule has 4 heteroatoms. The fourth-order valence-electron chi connectivity index (χ4n) is 1.91. The number of hydrogen-bond acceptors (Lipinski definition) is 3. The summed E-state index contributed by atoms with van der Waals surface area (Å²) in [5.74, 6) is -0.882. The van der Waals surface area contributed by atoms with Gasteiger partial charge in [-0.15, -0.1) is 0 Å². The third-order valence-corrected chi connectivity index (χ3v) is 2.90. The molecule has 1 aromatic carbocycles. The summed E-state index contributed by atoms with van der Waals surface area (Å²) in [6.07, 6.45) is 1.08. The van der Waals surface area contributed by atoms with Crippen molar-refractivity contribution in [3.8, 4) is 0 Å². The molecule has 0 amide bonds. The van der Waals surface area contributed by atoms with Gasteiger partial charge in [-0.3, -0.25) is 0 Å². The highest BCUT2D eigenvalue weighted by molar-refractivity contribution is 5.89. The van der Waals surface area contributed by atoms with E-state index in [9.17, 15) is 4.79 Å². The number of hydrogen-bond donors (Lipinski definition) is 3. The summed E-state index contributed by atoms with van der Waals surface area (Å²) >= 11 is 0. The van der Waals surface area contributed by atoms with Gasteiger partial charge in [0.05, 0.1) is 5.56 Å². The van der Waals surface area contributed by atoms with E-state index in [1.807, 2.05) is 13.0 Å². The lowest BCUT2D eigenvalue weighted by molar-refractivity contribution is 0.0697. The summed E-state index contributed by atoms with van der Waals surface area (Å²) in [4.78, 5) is 10.9. The molecule has 1 heterocycles. The molecule has 1 unspecified atom stereocenters. The van der Waals surface area contributed by atoms with Gasteiger partial charge in [0.25, 0.3) is 0 Å². The van der Waals surface area contributed by atoms with Crippen molar-refractivity contribution >= 4 is 11.7 Å². The highest BCUT2D eigenvalue weighted by Crippen LogP contribution is 2.19. The van der Waals surface area contributed by atoms with Gasteiger partial charge in [0, 0.05) is 18.3 Å². The lowest BCUT2D eigenvalue weighted by Crippen LogP contribution is -2.22. The third kappa shape index (κ3) is 2.33. The Labute approximate surface area is 94.7 Å². The first-order valence-electron chi connectivity index (χ1n) is 5.48. The van der Waals surface area contributed by atoms with Gasteiger partial charge in [-0.25, -0.2) is 4.79 Å². The highest BCUT2D eigenvalue weighted by Gasteiger charge is 2.15. The SMILES string of the molecule is Cc1ccc(C(=O)O)cc1NC1CCNC1. The molecule has 0 aliphatic carbocycles. The van der Waals surface area contributed by atoms with E-state index in [0.717, 1.165) is 30.8 Å². The Kier molecular flexibility index (Phi) is 3.10. The van der Waals surface area contributed by atoms with E-state index < -0.39 is 5.97 Å². The van der Waals surface area contributed by atoms with Crippen molar-refractivity contribution in [3.05, 3.63) is 29.3 Å². The van der Waals surface area contributed by atoms with Crippen LogP contribution in [0, 0.1) is 6.92 Å². The van der Waals surface area contributed by atoms with Crippen LogP contribution in [0.15, 0.2) is 18.2 Å². The minimum Gasteiger partial charge on any atom is -0.478 e. The number of carbonyl (C=O) groups is 1. The third-order valence-electron chi connectivity index (χ3n) is 2.90. The first kappa shape index (κ1) is 11.0. The zero-order valence-electron chi connectivity index (χ0n) is 9.29. The molecule has 1 saturated heterocycles. The number of rotatable bonds is 3. The van der Waals surface area contributed by atoms with Gasteiger partial charge in [0.2, 0.25) is 0 Å². The fourth-order valence-corrected chi connectivity index (χ4v) is 1.91. The van der Waals surface area contributed by atoms with Crippen molar-refractivity contribution in [2.45, 2.75) is 19.4 Å². The monoisotopic (exact) mass is 220 g/mol. The minimum absolute atomic E-state index is 0.332. The van der Waals surface area contributed by atoms with E-state index in [4.69, 9.17) is 5.11 Å². The second-order valence-electron chi connectivity index (χ2n) is 4.17. The van der Waals surface area contributed by atoms with E-state index in [2.05, 4.69) is 10.6 Å². The summed E-state index contributed by atoms with van der Waals surface area (Å²) in [6.45, 7) is 3.95. The van der Waals surface area contributed by atoms with Crippen molar-refractivity contribution in [3.63, 3.8) is 0 Å². The molecule has 4 nitrogen and oxygen atoms in total. The van der Waals surface area contributed by atoms with Crippen LogP contribution >= 0.6 is 0 Å². The van der Waals surface area contributed by atoms with Crippen molar-refractivity contribution in [2.75, 3.05) is 18.4 Å². The topological polar surface area (TPSA) is 61.4 Å². The fraction of sp³-hybridized carbons (Fsp3) is 0.417. The first-order chi connectivity index (χ1) is 7.66. The molecular formula is C12H16N2O2. The molecule has 3 N–H and O–H groups in total. The van der Waals surface area contributed by atoms with Crippen LogP contribution in [0.2, 0.25) is 0 Å². The maximum atomic E-state index is 10.9. The van der Waals surface area contributed by atoms with E-state index in [1.165, 1.54) is 0 Å². The molecule has 1 fully saturated rings. The molecule has 16 heavy (non-hydrogen) atoms. The molecule has 0 bridgehead atoms. The maximum Gasteiger partial charge on any atom is 0.335 e. The average molecular weight is 220 g/mol. The van der Waals surface area contributed by atoms with Crippen LogP contribution in [0.4, 0.5) is 5.69 Å². The van der Waals surface area contributed by atoms with Gasteiger partial charge in [-0.2, -0.15) is 0 Å². The normalized spacial score (nSPS) is 19.7. The number of carboxylic acids is 1. The Balaban J connectivity index is 2.17. The van der Waals surface area contributed by atoms with E-state index in [-0.39, 0.29) is 0 Å². The first-order valence-corrected chi connectivity index (χ1v) is 5.48. The lowest BCUT2D eigenvalue weighted by atomic mass is 10.1. The van der Waals surface area contributed by atoms with Crippen LogP contribution < -0.4 is 10.6 Å². The summed E-state index contributed by atoms with van der Waals surface area (Å²) in [5, 5.41) is 15.6. The molecule has 2 rings (SSSR count). The Hall–Kier alpha value is -1.55. The van der Waals surface area contributed by atoms with Crippen LogP contribution in [0.3, 0.4) is 0 Å². The van der Waals surface area contributed by atoms with Crippen molar-refractivity contribution in [1.82, 2.24) is 5.32 Å². The summed E-state index contributed by atoms with van der Waals surface area (Å²) in [6, 6.07) is 5.59. The molecule has 1 aliphatic heterocycles. The zero-order chi connectivity index (χ0) is 11.5. The molecule has 0 spiro atoms. The molecule has 0 saturated carbocycles. The number of aryl methyl sites for hydroxylation is 1. The van der Waals surface area contributed by atoms with Crippen LogP contribution in [0.1, 0.15) is 22.3 Å². The smallest absolute Gasteiger partial charge is 0.335 e. The zero-order valence-corrected chi connectivity index (χ0v) is 9.29. The number of benzene rings is 1. The minimum atomic E-state index is -0.882. The van der Waals surface area contributed by atoms with Gasteiger partial charge in [-0.1, -0.05) is 6.07 Å². The van der Waals surface area contributed by atoms with E-state index in [0.29, 0.717) is 11.6 Å². The Bertz CT molecular complexity index is 398. The van der Waals surface area contributed by atoms with Crippen LogP contribution in [0.5, 0.6) is 0 Å². The van der Waals surface area contributed by atoms with Gasteiger partial charge >= 0.3 is 5.97 Å². The standard InChI is InChI=1S/C12H16N2O2/c1-8-2-3-9(12(15)16)6-11(8)14-10-4-5-13-7-10/h2-3,6,10,13-14H,4-5,7H2,1H3,(H,15,16). The van der Waals surface area contributed by atoms with Crippen LogP contribution in [-0.2, 0) is 0 Å². The molecule has 1 aliphatic rings. The van der Waals surface area contributed by atoms with E-state index in [1.54, 1.807) is 12.1 Å². The van der Waals surface area contributed by atoms with Gasteiger partial charge in [0.15, 0.2) is 0 Å². The van der Waals surface area contributed by atoms with Gasteiger partial charge < -0.3 is 15.7 Å². The second-order valence-corrected chi connectivity index (χ2v) is 4.17. The number of nitrogens with one attached hydrogen (secondary N) is 2. The molecule has 0 aromatic heterocycles. The number of anilines is 1. The largest absolute Gasteiger partial charge is 0.478 e. The Morgan fingerprint density at radius 2 is 2.38 bits per heavy atom. The van der Waals surface area contributed by atoms with E-state index >= 15 is 0 Å². The molecule has 0 radical (unpaired) electrons. The molecule has 1 aromatic rings. The molecule has 1 atom stereocenters. The van der Waals surface area contributed by atoms with Crippen molar-refractivity contribution in [2.24, 2.45) is 0 Å². The van der Waals surface area contributed by atoms with Crippen LogP contribution in [0.25, 0.3) is 0 Å².